The summed E-state index contributed by atoms with van der Waals surface area (Å²) in [6.45, 7) is 4.19. The zero-order chi connectivity index (χ0) is 17.4. The molecule has 3 aromatic heterocycles. The number of benzene rings is 1. The van der Waals surface area contributed by atoms with Crippen molar-refractivity contribution in [2.24, 2.45) is 0 Å². The van der Waals surface area contributed by atoms with Crippen molar-refractivity contribution in [3.05, 3.63) is 59.0 Å². The lowest BCUT2D eigenvalue weighted by Crippen LogP contribution is -2.26. The van der Waals surface area contributed by atoms with Crippen molar-refractivity contribution in [2.45, 2.75) is 20.3 Å². The van der Waals surface area contributed by atoms with Crippen molar-refractivity contribution >= 4 is 27.9 Å². The van der Waals surface area contributed by atoms with E-state index >= 15 is 0 Å². The molecule has 2 N–H and O–H groups in total. The van der Waals surface area contributed by atoms with E-state index in [0.717, 1.165) is 17.6 Å². The second kappa shape index (κ2) is 6.05. The van der Waals surface area contributed by atoms with Crippen LogP contribution in [-0.2, 0) is 6.42 Å². The van der Waals surface area contributed by atoms with Gasteiger partial charge in [-0.15, -0.1) is 0 Å². The molecule has 0 spiro atoms. The van der Waals surface area contributed by atoms with E-state index in [1.807, 2.05) is 38.2 Å². The normalized spacial score (nSPS) is 11.3. The summed E-state index contributed by atoms with van der Waals surface area (Å²) >= 11 is 0. The first kappa shape index (κ1) is 15.4. The molecule has 1 aromatic carbocycles. The minimum atomic E-state index is -0.137. The van der Waals surface area contributed by atoms with Gasteiger partial charge >= 0.3 is 0 Å². The van der Waals surface area contributed by atoms with Crippen LogP contribution >= 0.6 is 0 Å². The summed E-state index contributed by atoms with van der Waals surface area (Å²) in [6.07, 6.45) is 2.75. The van der Waals surface area contributed by atoms with Gasteiger partial charge in [-0.25, -0.2) is 4.98 Å². The molecule has 4 aromatic rings. The van der Waals surface area contributed by atoms with E-state index in [1.165, 1.54) is 10.9 Å². The van der Waals surface area contributed by atoms with E-state index in [0.29, 0.717) is 28.9 Å². The van der Waals surface area contributed by atoms with Crippen molar-refractivity contribution in [3.63, 3.8) is 0 Å². The molecule has 0 aliphatic carbocycles. The summed E-state index contributed by atoms with van der Waals surface area (Å²) in [7, 11) is 0. The molecule has 0 bridgehead atoms. The first-order chi connectivity index (χ1) is 12.1. The number of para-hydroxylation sites is 1. The standard InChI is InChI=1S/C19H18N4O2/c1-11-9-15(17-12(2)23-25-19(17)22-11)18(24)20-8-7-13-10-21-16-6-4-3-5-14(13)16/h3-6,9-10,21H,7-8H2,1-2H3,(H,20,24). The monoisotopic (exact) mass is 334 g/mol. The molecule has 1 amide bonds. The molecular formula is C19H18N4O2. The van der Waals surface area contributed by atoms with Gasteiger partial charge in [-0.2, -0.15) is 0 Å². The lowest BCUT2D eigenvalue weighted by Gasteiger charge is -2.07. The van der Waals surface area contributed by atoms with Crippen LogP contribution < -0.4 is 5.32 Å². The fourth-order valence-electron chi connectivity index (χ4n) is 3.14. The fraction of sp³-hybridized carbons (Fsp3) is 0.211. The van der Waals surface area contributed by atoms with Gasteiger partial charge in [0, 0.05) is 29.3 Å². The van der Waals surface area contributed by atoms with Crippen LogP contribution in [-0.4, -0.2) is 27.6 Å². The number of hydrogen-bond acceptors (Lipinski definition) is 4. The minimum absolute atomic E-state index is 0.137. The molecule has 4 rings (SSSR count). The Morgan fingerprint density at radius 2 is 2.12 bits per heavy atom. The highest BCUT2D eigenvalue weighted by molar-refractivity contribution is 6.06. The van der Waals surface area contributed by atoms with Crippen molar-refractivity contribution in [1.82, 2.24) is 20.4 Å². The van der Waals surface area contributed by atoms with Crippen molar-refractivity contribution in [3.8, 4) is 0 Å². The van der Waals surface area contributed by atoms with Crippen molar-refractivity contribution < 1.29 is 9.32 Å². The van der Waals surface area contributed by atoms with Crippen LogP contribution in [0, 0.1) is 13.8 Å². The predicted molar refractivity (Wildman–Crippen MR) is 95.6 cm³/mol. The number of nitrogens with one attached hydrogen (secondary N) is 2. The van der Waals surface area contributed by atoms with Gasteiger partial charge in [0.05, 0.1) is 16.6 Å². The molecule has 0 aliphatic heterocycles. The third-order valence-electron chi connectivity index (χ3n) is 4.34. The summed E-state index contributed by atoms with van der Waals surface area (Å²) in [6, 6.07) is 9.92. The SMILES string of the molecule is Cc1cc(C(=O)NCCc2c[nH]c3ccccc23)c2c(C)noc2n1. The molecule has 25 heavy (non-hydrogen) atoms. The van der Waals surface area contributed by atoms with Crippen LogP contribution in [0.15, 0.2) is 41.1 Å². The Morgan fingerprint density at radius 3 is 3.00 bits per heavy atom. The lowest BCUT2D eigenvalue weighted by atomic mass is 10.1. The van der Waals surface area contributed by atoms with Gasteiger partial charge in [-0.3, -0.25) is 4.79 Å². The summed E-state index contributed by atoms with van der Waals surface area (Å²) in [4.78, 5) is 20.2. The molecule has 0 aliphatic rings. The van der Waals surface area contributed by atoms with Crippen LogP contribution in [0.2, 0.25) is 0 Å². The maximum absolute atomic E-state index is 12.6. The van der Waals surface area contributed by atoms with Gasteiger partial charge in [0.1, 0.15) is 0 Å². The molecule has 0 unspecified atom stereocenters. The fourth-order valence-corrected chi connectivity index (χ4v) is 3.14. The highest BCUT2D eigenvalue weighted by Crippen LogP contribution is 2.22. The van der Waals surface area contributed by atoms with Crippen LogP contribution in [0.3, 0.4) is 0 Å². The number of rotatable bonds is 4. The van der Waals surface area contributed by atoms with E-state index in [4.69, 9.17) is 4.52 Å². The van der Waals surface area contributed by atoms with E-state index in [2.05, 4.69) is 26.5 Å². The zero-order valence-electron chi connectivity index (χ0n) is 14.1. The summed E-state index contributed by atoms with van der Waals surface area (Å²) in [5.74, 6) is -0.137. The maximum Gasteiger partial charge on any atom is 0.258 e. The van der Waals surface area contributed by atoms with Gasteiger partial charge in [-0.1, -0.05) is 23.4 Å². The Bertz CT molecular complexity index is 1080. The van der Waals surface area contributed by atoms with Gasteiger partial charge in [0.25, 0.3) is 11.6 Å². The van der Waals surface area contributed by atoms with E-state index in [-0.39, 0.29) is 5.91 Å². The Morgan fingerprint density at radius 1 is 1.28 bits per heavy atom. The third kappa shape index (κ3) is 2.76. The Hall–Kier alpha value is -3.15. The van der Waals surface area contributed by atoms with Crippen LogP contribution in [0.4, 0.5) is 0 Å². The van der Waals surface area contributed by atoms with Crippen LogP contribution in [0.25, 0.3) is 22.0 Å². The van der Waals surface area contributed by atoms with Gasteiger partial charge < -0.3 is 14.8 Å². The third-order valence-corrected chi connectivity index (χ3v) is 4.34. The van der Waals surface area contributed by atoms with E-state index < -0.39 is 0 Å². The molecule has 0 radical (unpaired) electrons. The lowest BCUT2D eigenvalue weighted by molar-refractivity contribution is 0.0955. The summed E-state index contributed by atoms with van der Waals surface area (Å²) < 4.78 is 5.19. The van der Waals surface area contributed by atoms with Gasteiger partial charge in [0.2, 0.25) is 0 Å². The molecular weight excluding hydrogens is 316 g/mol. The van der Waals surface area contributed by atoms with Crippen LogP contribution in [0.1, 0.15) is 27.3 Å². The number of pyridine rings is 1. The van der Waals surface area contributed by atoms with E-state index in [9.17, 15) is 4.79 Å². The molecule has 6 nitrogen and oxygen atoms in total. The number of fused-ring (bicyclic) bond motifs is 2. The quantitative estimate of drug-likeness (QED) is 0.600. The highest BCUT2D eigenvalue weighted by Gasteiger charge is 2.17. The second-order valence-electron chi connectivity index (χ2n) is 6.12. The summed E-state index contributed by atoms with van der Waals surface area (Å²) in [5, 5.41) is 8.77. The number of carbonyl (C=O) groups excluding carboxylic acids is 1. The molecule has 0 saturated heterocycles. The van der Waals surface area contributed by atoms with E-state index in [1.54, 1.807) is 6.07 Å². The smallest absolute Gasteiger partial charge is 0.258 e. The first-order valence-electron chi connectivity index (χ1n) is 8.20. The van der Waals surface area contributed by atoms with Crippen LogP contribution in [0.5, 0.6) is 0 Å². The second-order valence-corrected chi connectivity index (χ2v) is 6.12. The summed E-state index contributed by atoms with van der Waals surface area (Å²) in [5.41, 5.74) is 4.65. The number of carbonyl (C=O) groups is 1. The largest absolute Gasteiger partial charge is 0.361 e. The average Bonchev–Trinajstić information content (AvgIpc) is 3.18. The maximum atomic E-state index is 12.6. The topological polar surface area (TPSA) is 83.8 Å². The number of aromatic nitrogens is 3. The number of nitrogens with zero attached hydrogens (tertiary/aromatic N) is 2. The molecule has 0 saturated carbocycles. The highest BCUT2D eigenvalue weighted by atomic mass is 16.5. The van der Waals surface area contributed by atoms with Gasteiger partial charge in [0.15, 0.2) is 0 Å². The molecule has 0 atom stereocenters. The number of hydrogen-bond donors (Lipinski definition) is 2. The Balaban J connectivity index is 1.52. The molecule has 3 heterocycles. The number of aromatic amines is 1. The number of aryl methyl sites for hydroxylation is 2. The average molecular weight is 334 g/mol. The number of amides is 1. The van der Waals surface area contributed by atoms with Gasteiger partial charge in [-0.05, 0) is 38.0 Å². The molecule has 126 valence electrons. The zero-order valence-corrected chi connectivity index (χ0v) is 14.1. The first-order valence-corrected chi connectivity index (χ1v) is 8.20. The Kier molecular flexibility index (Phi) is 3.72. The molecule has 0 fully saturated rings. The van der Waals surface area contributed by atoms with Crippen molar-refractivity contribution in [1.29, 1.82) is 0 Å². The van der Waals surface area contributed by atoms with Crippen molar-refractivity contribution in [2.75, 3.05) is 6.54 Å². The molecule has 6 heteroatoms. The minimum Gasteiger partial charge on any atom is -0.361 e. The predicted octanol–water partition coefficient (Wildman–Crippen LogP) is 3.29. The Labute approximate surface area is 144 Å². The number of H-pyrrole nitrogens is 1.